The molecule has 0 spiro atoms. The average Bonchev–Trinajstić information content (AvgIpc) is 2.53. The van der Waals surface area contributed by atoms with Crippen LogP contribution in [0, 0.1) is 5.92 Å². The van der Waals surface area contributed by atoms with Gasteiger partial charge in [0.15, 0.2) is 0 Å². The zero-order valence-corrected chi connectivity index (χ0v) is 17.3. The van der Waals surface area contributed by atoms with Gasteiger partial charge in [0.25, 0.3) is 0 Å². The first kappa shape index (κ1) is 21.5. The van der Waals surface area contributed by atoms with E-state index in [1.807, 2.05) is 0 Å². The molecular weight excluding hydrogens is 322 g/mol. The molecule has 0 aromatic rings. The fourth-order valence-electron chi connectivity index (χ4n) is 3.22. The van der Waals surface area contributed by atoms with Crippen molar-refractivity contribution in [2.24, 2.45) is 5.92 Å². The maximum absolute atomic E-state index is 6.11. The van der Waals surface area contributed by atoms with Crippen LogP contribution in [-0.2, 0) is 8.95 Å². The Balaban J connectivity index is 2.05. The summed E-state index contributed by atoms with van der Waals surface area (Å²) in [6.07, 6.45) is 14.7. The summed E-state index contributed by atoms with van der Waals surface area (Å²) in [6.45, 7) is 6.31. The fraction of sp³-hybridized carbons (Fsp3) is 1.00. The van der Waals surface area contributed by atoms with Crippen molar-refractivity contribution in [1.82, 2.24) is 5.48 Å². The SMILES string of the molecule is CCCCCCCCCCC1CCO[Si](C)(CCCS)ONC1. The van der Waals surface area contributed by atoms with Crippen LogP contribution >= 0.6 is 12.6 Å². The normalized spacial score (nSPS) is 26.0. The van der Waals surface area contributed by atoms with Gasteiger partial charge in [0.2, 0.25) is 0 Å². The zero-order valence-electron chi connectivity index (χ0n) is 15.4. The maximum Gasteiger partial charge on any atom is 0.355 e. The van der Waals surface area contributed by atoms with Crippen LogP contribution in [0.3, 0.4) is 0 Å². The van der Waals surface area contributed by atoms with Crippen LogP contribution in [0.15, 0.2) is 0 Å². The number of unbranched alkanes of at least 4 members (excludes halogenated alkanes) is 7. The Bertz CT molecular complexity index is 272. The van der Waals surface area contributed by atoms with E-state index in [0.29, 0.717) is 5.92 Å². The minimum Gasteiger partial charge on any atom is -0.394 e. The summed E-state index contributed by atoms with van der Waals surface area (Å²) >= 11 is 4.29. The van der Waals surface area contributed by atoms with Gasteiger partial charge in [0.05, 0.1) is 0 Å². The van der Waals surface area contributed by atoms with E-state index < -0.39 is 8.56 Å². The highest BCUT2D eigenvalue weighted by atomic mass is 32.1. The Morgan fingerprint density at radius 1 is 1.04 bits per heavy atom. The second kappa shape index (κ2) is 13.7. The predicted molar refractivity (Wildman–Crippen MR) is 105 cm³/mol. The van der Waals surface area contributed by atoms with Crippen molar-refractivity contribution < 1.29 is 8.95 Å². The van der Waals surface area contributed by atoms with Crippen molar-refractivity contribution in [2.75, 3.05) is 18.9 Å². The lowest BCUT2D eigenvalue weighted by Crippen LogP contribution is -2.47. The number of nitrogens with one attached hydrogen (secondary N) is 1. The molecule has 1 aliphatic rings. The second-order valence-corrected chi connectivity index (χ2v) is 10.9. The molecule has 3 nitrogen and oxygen atoms in total. The number of hydroxylamine groups is 1. The summed E-state index contributed by atoms with van der Waals surface area (Å²) in [4.78, 5) is 0. The van der Waals surface area contributed by atoms with E-state index in [1.165, 1.54) is 64.2 Å². The first-order valence-corrected chi connectivity index (χ1v) is 13.0. The molecule has 1 saturated heterocycles. The summed E-state index contributed by atoms with van der Waals surface area (Å²) in [5.74, 6) is 1.62. The second-order valence-electron chi connectivity index (χ2n) is 7.18. The van der Waals surface area contributed by atoms with Gasteiger partial charge in [-0.25, -0.2) is 5.48 Å². The zero-order chi connectivity index (χ0) is 16.8. The Labute approximate surface area is 150 Å². The molecule has 1 rings (SSSR count). The molecule has 0 aromatic heterocycles. The van der Waals surface area contributed by atoms with E-state index in [4.69, 9.17) is 8.95 Å². The molecule has 1 heterocycles. The summed E-state index contributed by atoms with van der Waals surface area (Å²) in [5.41, 5.74) is 3.22. The predicted octanol–water partition coefficient (Wildman–Crippen LogP) is 5.47. The van der Waals surface area contributed by atoms with Gasteiger partial charge in [-0.2, -0.15) is 12.6 Å². The molecular formula is C18H39NO2SSi. The molecule has 23 heavy (non-hydrogen) atoms. The van der Waals surface area contributed by atoms with Gasteiger partial charge in [0.1, 0.15) is 0 Å². The molecule has 0 aromatic carbocycles. The van der Waals surface area contributed by atoms with Gasteiger partial charge < -0.3 is 8.95 Å². The van der Waals surface area contributed by atoms with Crippen molar-refractivity contribution in [3.05, 3.63) is 0 Å². The van der Waals surface area contributed by atoms with Crippen LogP contribution < -0.4 is 5.48 Å². The maximum atomic E-state index is 6.11. The summed E-state index contributed by atoms with van der Waals surface area (Å²) in [6, 6.07) is 1.03. The topological polar surface area (TPSA) is 30.5 Å². The summed E-state index contributed by atoms with van der Waals surface area (Å²) in [7, 11) is -1.99. The average molecular weight is 362 g/mol. The number of hydrogen-bond acceptors (Lipinski definition) is 4. The van der Waals surface area contributed by atoms with Crippen molar-refractivity contribution in [1.29, 1.82) is 0 Å². The van der Waals surface area contributed by atoms with Crippen LogP contribution in [0.4, 0.5) is 0 Å². The van der Waals surface area contributed by atoms with Crippen LogP contribution in [0.25, 0.3) is 0 Å². The Kier molecular flexibility index (Phi) is 12.8. The summed E-state index contributed by atoms with van der Waals surface area (Å²) in [5, 5.41) is 0. The first-order chi connectivity index (χ1) is 11.2. The highest BCUT2D eigenvalue weighted by Gasteiger charge is 2.33. The van der Waals surface area contributed by atoms with Crippen LogP contribution in [0.5, 0.6) is 0 Å². The van der Waals surface area contributed by atoms with Gasteiger partial charge in [-0.15, -0.1) is 0 Å². The molecule has 138 valence electrons. The Morgan fingerprint density at radius 2 is 1.74 bits per heavy atom. The molecule has 0 aliphatic carbocycles. The molecule has 2 atom stereocenters. The van der Waals surface area contributed by atoms with Crippen molar-refractivity contribution in [3.8, 4) is 0 Å². The van der Waals surface area contributed by atoms with Gasteiger partial charge in [-0.05, 0) is 43.5 Å². The molecule has 1 N–H and O–H groups in total. The Hall–Kier alpha value is 0.447. The molecule has 5 heteroatoms. The van der Waals surface area contributed by atoms with E-state index in [1.54, 1.807) is 0 Å². The number of hydrogen-bond donors (Lipinski definition) is 2. The monoisotopic (exact) mass is 361 g/mol. The van der Waals surface area contributed by atoms with Gasteiger partial charge in [-0.3, -0.25) is 0 Å². The van der Waals surface area contributed by atoms with Crippen molar-refractivity contribution in [2.45, 2.75) is 90.1 Å². The van der Waals surface area contributed by atoms with E-state index in [0.717, 1.165) is 31.4 Å². The molecule has 1 fully saturated rings. The highest BCUT2D eigenvalue weighted by molar-refractivity contribution is 7.80. The molecule has 1 aliphatic heterocycles. The highest BCUT2D eigenvalue weighted by Crippen LogP contribution is 2.21. The van der Waals surface area contributed by atoms with E-state index in [-0.39, 0.29) is 0 Å². The van der Waals surface area contributed by atoms with E-state index >= 15 is 0 Å². The first-order valence-electron chi connectivity index (χ1n) is 9.86. The largest absolute Gasteiger partial charge is 0.394 e. The van der Waals surface area contributed by atoms with Crippen LogP contribution in [-0.4, -0.2) is 27.5 Å². The van der Waals surface area contributed by atoms with Crippen molar-refractivity contribution in [3.63, 3.8) is 0 Å². The molecule has 2 unspecified atom stereocenters. The van der Waals surface area contributed by atoms with Gasteiger partial charge in [-0.1, -0.05) is 58.3 Å². The van der Waals surface area contributed by atoms with Gasteiger partial charge in [0, 0.05) is 13.2 Å². The lowest BCUT2D eigenvalue weighted by Gasteiger charge is -2.31. The third-order valence-electron chi connectivity index (χ3n) is 4.85. The standard InChI is InChI=1S/C18H39NO2SSi/c1-3-4-5-6-7-8-9-10-12-18-13-14-20-23(2,16-11-15-22)21-19-17-18/h18-19,22H,3-17H2,1-2H3. The van der Waals surface area contributed by atoms with Crippen LogP contribution in [0.1, 0.15) is 77.6 Å². The molecule has 0 saturated carbocycles. The molecule has 0 amide bonds. The van der Waals surface area contributed by atoms with Gasteiger partial charge >= 0.3 is 8.56 Å². The number of thiol groups is 1. The summed E-state index contributed by atoms with van der Waals surface area (Å²) < 4.78 is 12.0. The van der Waals surface area contributed by atoms with E-state index in [2.05, 4.69) is 31.6 Å². The lowest BCUT2D eigenvalue weighted by molar-refractivity contribution is 0.0676. The molecule has 0 bridgehead atoms. The fourth-order valence-corrected chi connectivity index (χ4v) is 5.74. The molecule has 0 radical (unpaired) electrons. The quantitative estimate of drug-likeness (QED) is 0.274. The minimum atomic E-state index is -1.99. The lowest BCUT2D eigenvalue weighted by atomic mass is 9.97. The van der Waals surface area contributed by atoms with Crippen molar-refractivity contribution >= 4 is 21.2 Å². The third kappa shape index (κ3) is 10.8. The minimum absolute atomic E-state index is 0.707. The number of rotatable bonds is 12. The van der Waals surface area contributed by atoms with Crippen LogP contribution in [0.2, 0.25) is 12.6 Å². The third-order valence-corrected chi connectivity index (χ3v) is 7.82. The van der Waals surface area contributed by atoms with E-state index in [9.17, 15) is 0 Å². The smallest absolute Gasteiger partial charge is 0.355 e. The Morgan fingerprint density at radius 3 is 2.43 bits per heavy atom.